The number of hydrogen-bond acceptors (Lipinski definition) is 4. The highest BCUT2D eigenvalue weighted by atomic mass is 35.5. The van der Waals surface area contributed by atoms with Crippen LogP contribution in [0.15, 0.2) is 23.1 Å². The number of benzene rings is 1. The molecular weight excluding hydrogens is 371 g/mol. The topological polar surface area (TPSA) is 69.6 Å². The lowest BCUT2D eigenvalue weighted by molar-refractivity contribution is 0.0438. The minimum Gasteiger partial charge on any atom is -0.390 e. The van der Waals surface area contributed by atoms with Crippen LogP contribution < -0.4 is 4.72 Å². The number of nitrogens with zero attached hydrogens (tertiary/aromatic N) is 1. The van der Waals surface area contributed by atoms with Crippen molar-refractivity contribution in [1.82, 2.24) is 9.62 Å². The average Bonchev–Trinajstić information content (AvgIpc) is 2.52. The number of aliphatic hydroxyl groups excluding tert-OH is 1. The van der Waals surface area contributed by atoms with Crippen molar-refractivity contribution in [2.24, 2.45) is 0 Å². The quantitative estimate of drug-likeness (QED) is 0.777. The Morgan fingerprint density at radius 1 is 1.25 bits per heavy atom. The van der Waals surface area contributed by atoms with Crippen LogP contribution in [0, 0.1) is 0 Å². The zero-order chi connectivity index (χ0) is 17.9. The molecule has 1 aliphatic rings. The third-order valence-corrected chi connectivity index (χ3v) is 6.67. The molecule has 2 N–H and O–H groups in total. The highest BCUT2D eigenvalue weighted by Crippen LogP contribution is 2.25. The van der Waals surface area contributed by atoms with E-state index in [-0.39, 0.29) is 16.5 Å². The number of halogens is 2. The van der Waals surface area contributed by atoms with Crippen molar-refractivity contribution < 1.29 is 13.5 Å². The van der Waals surface area contributed by atoms with E-state index < -0.39 is 16.1 Å². The number of likely N-dealkylation sites (tertiary alicyclic amines) is 1. The monoisotopic (exact) mass is 394 g/mol. The van der Waals surface area contributed by atoms with E-state index in [9.17, 15) is 13.5 Å². The average molecular weight is 395 g/mol. The second kappa shape index (κ2) is 8.34. The van der Waals surface area contributed by atoms with E-state index in [4.69, 9.17) is 23.2 Å². The van der Waals surface area contributed by atoms with E-state index in [1.807, 2.05) is 0 Å². The van der Waals surface area contributed by atoms with Gasteiger partial charge >= 0.3 is 0 Å². The molecule has 0 aromatic heterocycles. The number of hydrogen-bond donors (Lipinski definition) is 2. The summed E-state index contributed by atoms with van der Waals surface area (Å²) in [5.41, 5.74) is 0. The first-order valence-corrected chi connectivity index (χ1v) is 10.3. The van der Waals surface area contributed by atoms with Gasteiger partial charge in [-0.05, 0) is 44.9 Å². The van der Waals surface area contributed by atoms with Crippen LogP contribution in [0.1, 0.15) is 33.1 Å². The molecule has 8 heteroatoms. The van der Waals surface area contributed by atoms with Crippen LogP contribution >= 0.6 is 23.2 Å². The van der Waals surface area contributed by atoms with E-state index >= 15 is 0 Å². The van der Waals surface area contributed by atoms with E-state index in [1.54, 1.807) is 0 Å². The summed E-state index contributed by atoms with van der Waals surface area (Å²) in [6, 6.07) is 4.92. The van der Waals surface area contributed by atoms with Crippen molar-refractivity contribution >= 4 is 33.2 Å². The van der Waals surface area contributed by atoms with Crippen LogP contribution in [0.25, 0.3) is 0 Å². The summed E-state index contributed by atoms with van der Waals surface area (Å²) < 4.78 is 27.0. The van der Waals surface area contributed by atoms with Crippen molar-refractivity contribution in [3.8, 4) is 0 Å². The summed E-state index contributed by atoms with van der Waals surface area (Å²) in [6.45, 7) is 4.69. The van der Waals surface area contributed by atoms with Gasteiger partial charge in [0.15, 0.2) is 0 Å². The lowest BCUT2D eigenvalue weighted by Crippen LogP contribution is -2.49. The van der Waals surface area contributed by atoms with Crippen molar-refractivity contribution in [3.63, 3.8) is 0 Å². The summed E-state index contributed by atoms with van der Waals surface area (Å²) in [4.78, 5) is 2.27. The molecule has 0 radical (unpaired) electrons. The van der Waals surface area contributed by atoms with Gasteiger partial charge in [-0.25, -0.2) is 13.1 Å². The molecule has 0 bridgehead atoms. The Labute approximate surface area is 154 Å². The van der Waals surface area contributed by atoms with E-state index in [0.717, 1.165) is 12.8 Å². The van der Waals surface area contributed by atoms with Gasteiger partial charge in [-0.3, -0.25) is 4.90 Å². The van der Waals surface area contributed by atoms with Crippen molar-refractivity contribution in [2.45, 2.75) is 56.2 Å². The summed E-state index contributed by atoms with van der Waals surface area (Å²) >= 11 is 11.7. The van der Waals surface area contributed by atoms with Crippen LogP contribution in [0.3, 0.4) is 0 Å². The molecule has 5 nitrogen and oxygen atoms in total. The maximum absolute atomic E-state index is 12.3. The van der Waals surface area contributed by atoms with Crippen LogP contribution in [0.4, 0.5) is 0 Å². The zero-order valence-corrected chi connectivity index (χ0v) is 16.2. The smallest absolute Gasteiger partial charge is 0.240 e. The molecule has 24 heavy (non-hydrogen) atoms. The van der Waals surface area contributed by atoms with Gasteiger partial charge in [0.05, 0.1) is 21.0 Å². The van der Waals surface area contributed by atoms with Crippen LogP contribution in [-0.4, -0.2) is 49.7 Å². The Hall–Kier alpha value is -0.370. The maximum Gasteiger partial charge on any atom is 0.240 e. The third-order valence-electron chi connectivity index (χ3n) is 4.51. The molecule has 1 heterocycles. The second-order valence-corrected chi connectivity index (χ2v) is 8.99. The molecule has 2 rings (SSSR count). The van der Waals surface area contributed by atoms with E-state index in [0.29, 0.717) is 23.7 Å². The van der Waals surface area contributed by atoms with Gasteiger partial charge in [0.25, 0.3) is 0 Å². The molecule has 0 saturated carbocycles. The predicted molar refractivity (Wildman–Crippen MR) is 97.1 cm³/mol. The molecule has 1 aromatic carbocycles. The van der Waals surface area contributed by atoms with E-state index in [1.165, 1.54) is 24.6 Å². The molecule has 0 unspecified atom stereocenters. The van der Waals surface area contributed by atoms with Crippen molar-refractivity contribution in [2.75, 3.05) is 13.1 Å². The number of nitrogens with one attached hydrogen (secondary N) is 1. The lowest BCUT2D eigenvalue weighted by atomic mass is 9.97. The summed E-state index contributed by atoms with van der Waals surface area (Å²) in [6.07, 6.45) is 2.63. The van der Waals surface area contributed by atoms with Gasteiger partial charge in [0.1, 0.15) is 0 Å². The normalized spacial score (nSPS) is 24.0. The van der Waals surface area contributed by atoms with Gasteiger partial charge in [0.2, 0.25) is 10.0 Å². The fourth-order valence-electron chi connectivity index (χ4n) is 3.08. The zero-order valence-electron chi connectivity index (χ0n) is 13.9. The Balaban J connectivity index is 1.94. The molecule has 0 spiro atoms. The number of piperidine rings is 1. The highest BCUT2D eigenvalue weighted by molar-refractivity contribution is 7.89. The minimum atomic E-state index is -3.73. The first-order chi connectivity index (χ1) is 11.2. The molecule has 0 aliphatic carbocycles. The first kappa shape index (κ1) is 19.9. The van der Waals surface area contributed by atoms with E-state index in [2.05, 4.69) is 23.5 Å². The van der Waals surface area contributed by atoms with Gasteiger partial charge in [0, 0.05) is 25.2 Å². The largest absolute Gasteiger partial charge is 0.390 e. The van der Waals surface area contributed by atoms with Crippen LogP contribution in [0.2, 0.25) is 10.0 Å². The van der Waals surface area contributed by atoms with Crippen molar-refractivity contribution in [3.05, 3.63) is 28.2 Å². The molecule has 1 fully saturated rings. The fourth-order valence-corrected chi connectivity index (χ4v) is 4.54. The third kappa shape index (κ3) is 5.07. The molecular formula is C16H24Cl2N2O3S. The molecule has 0 amide bonds. The first-order valence-electron chi connectivity index (χ1n) is 8.09. The number of aliphatic hydroxyl groups is 1. The fraction of sp³-hybridized carbons (Fsp3) is 0.625. The van der Waals surface area contributed by atoms with Gasteiger partial charge < -0.3 is 5.11 Å². The molecule has 1 saturated heterocycles. The summed E-state index contributed by atoms with van der Waals surface area (Å²) in [7, 11) is -3.73. The van der Waals surface area contributed by atoms with Crippen molar-refractivity contribution in [1.29, 1.82) is 0 Å². The van der Waals surface area contributed by atoms with Gasteiger partial charge in [-0.2, -0.15) is 0 Å². The Kier molecular flexibility index (Phi) is 6.93. The minimum absolute atomic E-state index is 0.0313. The summed E-state index contributed by atoms with van der Waals surface area (Å²) in [5.74, 6) is 0. The Morgan fingerprint density at radius 3 is 2.46 bits per heavy atom. The Morgan fingerprint density at radius 2 is 1.88 bits per heavy atom. The highest BCUT2D eigenvalue weighted by Gasteiger charge is 2.27. The second-order valence-electron chi connectivity index (χ2n) is 6.41. The lowest BCUT2D eigenvalue weighted by Gasteiger charge is -2.40. The molecule has 3 atom stereocenters. The van der Waals surface area contributed by atoms with Crippen LogP contribution in [-0.2, 0) is 10.0 Å². The molecule has 1 aromatic rings. The number of β-amino-alcohol motifs (C(OH)–C–C–N with tert-alkyl or cyclic N) is 1. The SMILES string of the molecule is C[C@@H]1CCC[C@H](C)N1C[C@H](O)CNS(=O)(=O)c1ccc(Cl)c(Cl)c1. The van der Waals surface area contributed by atoms with Gasteiger partial charge in [-0.1, -0.05) is 29.6 Å². The number of rotatable bonds is 6. The van der Waals surface area contributed by atoms with Crippen LogP contribution in [0.5, 0.6) is 0 Å². The van der Waals surface area contributed by atoms with Gasteiger partial charge in [-0.15, -0.1) is 0 Å². The maximum atomic E-state index is 12.3. The standard InChI is InChI=1S/C16H24Cl2N2O3S/c1-11-4-3-5-12(2)20(11)10-13(21)9-19-24(22,23)14-6-7-15(17)16(18)8-14/h6-8,11-13,19,21H,3-5,9-10H2,1-2H3/t11-,12+,13-/m1/s1. The summed E-state index contributed by atoms with van der Waals surface area (Å²) in [5, 5.41) is 10.7. The molecule has 136 valence electrons. The predicted octanol–water partition coefficient (Wildman–Crippen LogP) is 2.90. The Bertz CT molecular complexity index is 659. The number of sulfonamides is 1. The molecule has 1 aliphatic heterocycles.